The summed E-state index contributed by atoms with van der Waals surface area (Å²) in [4.78, 5) is 41.9. The molecule has 3 aromatic rings. The molecule has 1 aromatic heterocycles. The lowest BCUT2D eigenvalue weighted by molar-refractivity contribution is -0.137. The highest BCUT2D eigenvalue weighted by Gasteiger charge is 2.43. The lowest BCUT2D eigenvalue weighted by Gasteiger charge is -2.31. The van der Waals surface area contributed by atoms with Crippen LogP contribution in [0.4, 0.5) is 13.2 Å². The maximum Gasteiger partial charge on any atom is 0.416 e. The van der Waals surface area contributed by atoms with Gasteiger partial charge >= 0.3 is 6.18 Å². The molecule has 0 aliphatic carbocycles. The summed E-state index contributed by atoms with van der Waals surface area (Å²) in [5.74, 6) is -0.993. The Bertz CT molecular complexity index is 1290. The molecule has 0 saturated heterocycles. The van der Waals surface area contributed by atoms with Gasteiger partial charge in [-0.2, -0.15) is 13.2 Å². The molecule has 1 atom stereocenters. The van der Waals surface area contributed by atoms with Gasteiger partial charge in [0.05, 0.1) is 12.1 Å². The Hall–Kier alpha value is -4.15. The molecule has 2 aromatic carbocycles. The van der Waals surface area contributed by atoms with Crippen LogP contribution in [0.5, 0.6) is 0 Å². The topological polar surface area (TPSA) is 105 Å². The van der Waals surface area contributed by atoms with Crippen LogP contribution in [0, 0.1) is 13.8 Å². The van der Waals surface area contributed by atoms with Crippen LogP contribution in [0.15, 0.2) is 48.8 Å². The number of halogens is 3. The van der Waals surface area contributed by atoms with Crippen LogP contribution in [-0.4, -0.2) is 41.4 Å². The number of nitrogens with one attached hydrogen (secondary N) is 3. The molecule has 8 nitrogen and oxygen atoms in total. The van der Waals surface area contributed by atoms with Crippen molar-refractivity contribution in [2.24, 2.45) is 7.05 Å². The van der Waals surface area contributed by atoms with Crippen molar-refractivity contribution in [3.05, 3.63) is 76.9 Å². The number of nitrogens with zero attached hydrogens (tertiary/aromatic N) is 2. The maximum absolute atomic E-state index is 13.4. The van der Waals surface area contributed by atoms with Crippen LogP contribution in [0.2, 0.25) is 0 Å². The molecule has 0 aliphatic heterocycles. The molecule has 0 saturated carbocycles. The predicted octanol–water partition coefficient (Wildman–Crippen LogP) is 2.84. The summed E-state index contributed by atoms with van der Waals surface area (Å²) >= 11 is 0. The summed E-state index contributed by atoms with van der Waals surface area (Å²) in [5, 5.41) is 7.66. The number of alkyl halides is 3. The molecule has 0 fully saturated rings. The summed E-state index contributed by atoms with van der Waals surface area (Å²) in [5.41, 5.74) is 0.155. The number of hydrogen-bond donors (Lipinski definition) is 3. The normalized spacial score (nSPS) is 13.0. The van der Waals surface area contributed by atoms with Gasteiger partial charge in [0, 0.05) is 32.1 Å². The molecule has 3 N–H and O–H groups in total. The summed E-state index contributed by atoms with van der Waals surface area (Å²) < 4.78 is 40.7. The van der Waals surface area contributed by atoms with Crippen LogP contribution in [0.25, 0.3) is 11.1 Å². The molecule has 1 heterocycles. The van der Waals surface area contributed by atoms with Gasteiger partial charge in [-0.25, -0.2) is 4.98 Å². The van der Waals surface area contributed by atoms with Gasteiger partial charge < -0.3 is 20.5 Å². The summed E-state index contributed by atoms with van der Waals surface area (Å²) in [7, 11) is 3.03. The van der Waals surface area contributed by atoms with Gasteiger partial charge in [-0.15, -0.1) is 0 Å². The molecule has 0 radical (unpaired) electrons. The van der Waals surface area contributed by atoms with E-state index in [1.165, 1.54) is 25.4 Å². The largest absolute Gasteiger partial charge is 0.416 e. The third-order valence-corrected chi connectivity index (χ3v) is 6.12. The zero-order chi connectivity index (χ0) is 26.7. The average Bonchev–Trinajstić information content (AvgIpc) is 3.28. The number of likely N-dealkylation sites (N-methyl/N-ethyl adjacent to an activating group) is 1. The van der Waals surface area contributed by atoms with Crippen molar-refractivity contribution >= 4 is 18.2 Å². The minimum absolute atomic E-state index is 0.192. The zero-order valence-electron chi connectivity index (χ0n) is 20.2. The minimum atomic E-state index is -4.49. The monoisotopic (exact) mass is 501 g/mol. The first kappa shape index (κ1) is 26.5. The first-order valence-electron chi connectivity index (χ1n) is 10.9. The number of carbonyl (C=O) groups excluding carboxylic acids is 3. The van der Waals surface area contributed by atoms with Gasteiger partial charge in [-0.3, -0.25) is 14.4 Å². The first-order valence-corrected chi connectivity index (χ1v) is 10.9. The van der Waals surface area contributed by atoms with Crippen LogP contribution in [-0.2, 0) is 28.4 Å². The van der Waals surface area contributed by atoms with Crippen molar-refractivity contribution in [1.29, 1.82) is 0 Å². The molecule has 190 valence electrons. The number of aryl methyl sites for hydroxylation is 2. The van der Waals surface area contributed by atoms with E-state index in [9.17, 15) is 27.6 Å². The second-order valence-corrected chi connectivity index (χ2v) is 8.30. The van der Waals surface area contributed by atoms with Crippen molar-refractivity contribution in [2.45, 2.75) is 25.6 Å². The summed E-state index contributed by atoms with van der Waals surface area (Å²) in [6.45, 7) is 3.26. The van der Waals surface area contributed by atoms with Crippen LogP contribution in [0.1, 0.15) is 32.9 Å². The molecule has 0 spiro atoms. The highest BCUT2D eigenvalue weighted by molar-refractivity contribution is 6.02. The number of aromatic nitrogens is 2. The fraction of sp³-hybridized carbons (Fsp3) is 0.280. The van der Waals surface area contributed by atoms with Gasteiger partial charge in [-0.1, -0.05) is 18.2 Å². The highest BCUT2D eigenvalue weighted by atomic mass is 19.4. The van der Waals surface area contributed by atoms with E-state index in [1.54, 1.807) is 36.9 Å². The zero-order valence-corrected chi connectivity index (χ0v) is 20.2. The van der Waals surface area contributed by atoms with E-state index in [4.69, 9.17) is 0 Å². The lowest BCUT2D eigenvalue weighted by atomic mass is 9.90. The number of benzene rings is 2. The Morgan fingerprint density at radius 1 is 1.08 bits per heavy atom. The average molecular weight is 502 g/mol. The van der Waals surface area contributed by atoms with Gasteiger partial charge in [0.15, 0.2) is 5.54 Å². The highest BCUT2D eigenvalue weighted by Crippen LogP contribution is 2.34. The van der Waals surface area contributed by atoms with Crippen molar-refractivity contribution in [3.63, 3.8) is 0 Å². The molecule has 3 rings (SSSR count). The Morgan fingerprint density at radius 3 is 2.28 bits per heavy atom. The van der Waals surface area contributed by atoms with E-state index in [2.05, 4.69) is 20.9 Å². The predicted molar refractivity (Wildman–Crippen MR) is 127 cm³/mol. The van der Waals surface area contributed by atoms with Crippen LogP contribution >= 0.6 is 0 Å². The smallest absolute Gasteiger partial charge is 0.357 e. The lowest BCUT2D eigenvalue weighted by Crippen LogP contribution is -2.60. The SMILES string of the molecule is CNC(=O)C(CNC(=O)c1ccc(C)c(C)c1-c1ccc(C(F)(F)F)cc1)(NC=O)c1nccn1C. The van der Waals surface area contributed by atoms with E-state index < -0.39 is 29.1 Å². The first-order chi connectivity index (χ1) is 17.0. The van der Waals surface area contributed by atoms with E-state index in [1.807, 2.05) is 6.92 Å². The minimum Gasteiger partial charge on any atom is -0.357 e. The quantitative estimate of drug-likeness (QED) is 0.413. The number of rotatable bonds is 8. The Morgan fingerprint density at radius 2 is 1.75 bits per heavy atom. The Balaban J connectivity index is 2.02. The fourth-order valence-electron chi connectivity index (χ4n) is 4.04. The standard InChI is InChI=1S/C25H26F3N5O3/c1-15-5-10-19(20(16(15)2)17-6-8-18(9-7-17)25(26,27)28)21(35)31-13-24(32-14-34,23(36)29-3)22-30-11-12-33(22)4/h5-12,14H,13H2,1-4H3,(H,29,36)(H,31,35)(H,32,34). The number of carbonyl (C=O) groups is 3. The van der Waals surface area contributed by atoms with Gasteiger partial charge in [0.2, 0.25) is 6.41 Å². The molecule has 3 amide bonds. The number of hydrogen-bond acceptors (Lipinski definition) is 4. The third kappa shape index (κ3) is 4.95. The molecule has 0 bridgehead atoms. The molecular formula is C25H26F3N5O3. The van der Waals surface area contributed by atoms with Gasteiger partial charge in [0.25, 0.3) is 11.8 Å². The van der Waals surface area contributed by atoms with Gasteiger partial charge in [-0.05, 0) is 54.3 Å². The van der Waals surface area contributed by atoms with Crippen LogP contribution < -0.4 is 16.0 Å². The maximum atomic E-state index is 13.4. The van der Waals surface area contributed by atoms with Crippen molar-refractivity contribution in [3.8, 4) is 11.1 Å². The Labute approximate surface area is 205 Å². The van der Waals surface area contributed by atoms with E-state index >= 15 is 0 Å². The summed E-state index contributed by atoms with van der Waals surface area (Å²) in [6.07, 6.45) is -1.10. The second kappa shape index (κ2) is 10.2. The van der Waals surface area contributed by atoms with Gasteiger partial charge in [0.1, 0.15) is 5.82 Å². The van der Waals surface area contributed by atoms with Crippen LogP contribution in [0.3, 0.4) is 0 Å². The van der Waals surface area contributed by atoms with E-state index in [-0.39, 0.29) is 17.9 Å². The van der Waals surface area contributed by atoms with Crippen molar-refractivity contribution < 1.29 is 27.6 Å². The summed E-state index contributed by atoms with van der Waals surface area (Å²) in [6, 6.07) is 7.86. The number of amides is 3. The second-order valence-electron chi connectivity index (χ2n) is 8.30. The molecule has 11 heteroatoms. The molecule has 0 aliphatic rings. The number of imidazole rings is 1. The molecule has 1 unspecified atom stereocenters. The van der Waals surface area contributed by atoms with Crippen molar-refractivity contribution in [2.75, 3.05) is 13.6 Å². The molecule has 36 heavy (non-hydrogen) atoms. The van der Waals surface area contributed by atoms with E-state index in [0.29, 0.717) is 17.5 Å². The third-order valence-electron chi connectivity index (χ3n) is 6.12. The Kier molecular flexibility index (Phi) is 7.51. The fourth-order valence-corrected chi connectivity index (χ4v) is 4.04. The van der Waals surface area contributed by atoms with Crippen molar-refractivity contribution in [1.82, 2.24) is 25.5 Å². The van der Waals surface area contributed by atoms with E-state index in [0.717, 1.165) is 23.3 Å². The molecular weight excluding hydrogens is 475 g/mol.